The van der Waals surface area contributed by atoms with Crippen molar-refractivity contribution in [1.82, 2.24) is 9.78 Å². The van der Waals surface area contributed by atoms with E-state index in [1.165, 1.54) is 24.9 Å². The summed E-state index contributed by atoms with van der Waals surface area (Å²) in [5.74, 6) is 0.140. The highest BCUT2D eigenvalue weighted by molar-refractivity contribution is 5.97. The molecule has 0 aliphatic heterocycles. The molecule has 1 N–H and O–H groups in total. The summed E-state index contributed by atoms with van der Waals surface area (Å²) in [5, 5.41) is 18.3. The Labute approximate surface area is 161 Å². The number of amides is 1. The minimum atomic E-state index is -0.876. The molecule has 3 rings (SSSR count). The molecule has 0 spiro atoms. The third-order valence-electron chi connectivity index (χ3n) is 4.33. The number of hydrogen-bond donors (Lipinski definition) is 1. The average Bonchev–Trinajstić information content (AvgIpc) is 3.04. The van der Waals surface area contributed by atoms with Gasteiger partial charge >= 0.3 is 5.69 Å². The molecule has 2 aromatic carbocycles. The van der Waals surface area contributed by atoms with E-state index in [1.54, 1.807) is 36.4 Å². The van der Waals surface area contributed by atoms with Crippen molar-refractivity contribution in [3.05, 3.63) is 81.7 Å². The van der Waals surface area contributed by atoms with E-state index in [0.717, 1.165) is 5.56 Å². The number of methoxy groups -OCH3 is 1. The number of carbonyl (C=O) groups excluding carboxylic acids is 1. The highest BCUT2D eigenvalue weighted by Gasteiger charge is 2.28. The molecule has 0 saturated heterocycles. The predicted molar refractivity (Wildman–Crippen MR) is 105 cm³/mol. The number of ether oxygens (including phenoxy) is 1. The van der Waals surface area contributed by atoms with E-state index >= 15 is 0 Å². The summed E-state index contributed by atoms with van der Waals surface area (Å²) in [6.45, 7) is 3.45. The highest BCUT2D eigenvalue weighted by Crippen LogP contribution is 2.29. The number of anilines is 1. The second-order valence-corrected chi connectivity index (χ2v) is 6.34. The van der Waals surface area contributed by atoms with Crippen molar-refractivity contribution in [3.8, 4) is 5.75 Å². The normalized spacial score (nSPS) is 11.7. The van der Waals surface area contributed by atoms with Crippen molar-refractivity contribution in [3.63, 3.8) is 0 Å². The largest absolute Gasteiger partial charge is 0.495 e. The SMILES string of the molecule is COc1ccc(C)cc1NC(=O)[C@@H](c1ccccc1)n1cc([N+](=O)[O-])c(C)n1. The first-order chi connectivity index (χ1) is 13.4. The maximum absolute atomic E-state index is 13.2. The molecule has 0 aliphatic carbocycles. The van der Waals surface area contributed by atoms with Crippen molar-refractivity contribution in [2.75, 3.05) is 12.4 Å². The monoisotopic (exact) mass is 380 g/mol. The Hall–Kier alpha value is -3.68. The zero-order valence-corrected chi connectivity index (χ0v) is 15.7. The molecule has 1 aromatic heterocycles. The van der Waals surface area contributed by atoms with E-state index < -0.39 is 11.0 Å². The van der Waals surface area contributed by atoms with Crippen LogP contribution in [0.4, 0.5) is 11.4 Å². The molecule has 144 valence electrons. The Bertz CT molecular complexity index is 1010. The number of benzene rings is 2. The molecule has 28 heavy (non-hydrogen) atoms. The van der Waals surface area contributed by atoms with Crippen LogP contribution < -0.4 is 10.1 Å². The molecule has 3 aromatic rings. The number of carbonyl (C=O) groups is 1. The number of hydrogen-bond acceptors (Lipinski definition) is 5. The summed E-state index contributed by atoms with van der Waals surface area (Å²) < 4.78 is 6.64. The minimum absolute atomic E-state index is 0.137. The van der Waals surface area contributed by atoms with Gasteiger partial charge in [0, 0.05) is 0 Å². The van der Waals surface area contributed by atoms with Crippen LogP contribution in [0.15, 0.2) is 54.7 Å². The number of nitrogens with one attached hydrogen (secondary N) is 1. The van der Waals surface area contributed by atoms with Gasteiger partial charge < -0.3 is 10.1 Å². The topological polar surface area (TPSA) is 99.3 Å². The van der Waals surface area contributed by atoms with E-state index in [1.807, 2.05) is 19.1 Å². The number of nitro groups is 1. The van der Waals surface area contributed by atoms with E-state index in [-0.39, 0.29) is 17.3 Å². The Balaban J connectivity index is 2.03. The smallest absolute Gasteiger partial charge is 0.309 e. The van der Waals surface area contributed by atoms with Gasteiger partial charge in [-0.3, -0.25) is 14.9 Å². The van der Waals surface area contributed by atoms with Gasteiger partial charge in [0.2, 0.25) is 0 Å². The lowest BCUT2D eigenvalue weighted by Gasteiger charge is -2.19. The van der Waals surface area contributed by atoms with Gasteiger partial charge in [-0.15, -0.1) is 0 Å². The van der Waals surface area contributed by atoms with Gasteiger partial charge in [-0.25, -0.2) is 4.68 Å². The van der Waals surface area contributed by atoms with E-state index in [0.29, 0.717) is 17.0 Å². The van der Waals surface area contributed by atoms with Crippen LogP contribution in [0.2, 0.25) is 0 Å². The molecule has 8 heteroatoms. The summed E-state index contributed by atoms with van der Waals surface area (Å²) >= 11 is 0. The molecule has 1 amide bonds. The lowest BCUT2D eigenvalue weighted by Crippen LogP contribution is -2.27. The summed E-state index contributed by atoms with van der Waals surface area (Å²) in [7, 11) is 1.52. The number of aryl methyl sites for hydroxylation is 2. The second-order valence-electron chi connectivity index (χ2n) is 6.34. The van der Waals surface area contributed by atoms with Crippen molar-refractivity contribution in [2.45, 2.75) is 19.9 Å². The van der Waals surface area contributed by atoms with Gasteiger partial charge in [0.25, 0.3) is 5.91 Å². The third-order valence-corrected chi connectivity index (χ3v) is 4.33. The summed E-state index contributed by atoms with van der Waals surface area (Å²) in [5.41, 5.74) is 2.24. The van der Waals surface area contributed by atoms with Gasteiger partial charge in [0.15, 0.2) is 6.04 Å². The van der Waals surface area contributed by atoms with Crippen molar-refractivity contribution in [1.29, 1.82) is 0 Å². The van der Waals surface area contributed by atoms with E-state index in [9.17, 15) is 14.9 Å². The quantitative estimate of drug-likeness (QED) is 0.520. The van der Waals surface area contributed by atoms with Crippen molar-refractivity contribution >= 4 is 17.3 Å². The second kappa shape index (κ2) is 7.91. The first kappa shape index (κ1) is 19.1. The van der Waals surface area contributed by atoms with Gasteiger partial charge in [0.1, 0.15) is 17.6 Å². The lowest BCUT2D eigenvalue weighted by molar-refractivity contribution is -0.385. The molecular formula is C20H20N4O4. The number of rotatable bonds is 6. The molecule has 0 radical (unpaired) electrons. The van der Waals surface area contributed by atoms with Crippen molar-refractivity contribution in [2.24, 2.45) is 0 Å². The fourth-order valence-electron chi connectivity index (χ4n) is 2.96. The van der Waals surface area contributed by atoms with Crippen LogP contribution in [0.1, 0.15) is 22.9 Å². The van der Waals surface area contributed by atoms with Crippen LogP contribution in [0.3, 0.4) is 0 Å². The molecule has 0 fully saturated rings. The zero-order chi connectivity index (χ0) is 20.3. The van der Waals surface area contributed by atoms with Crippen LogP contribution in [0, 0.1) is 24.0 Å². The summed E-state index contributed by atoms with van der Waals surface area (Å²) in [6, 6.07) is 13.6. The molecule has 8 nitrogen and oxygen atoms in total. The third kappa shape index (κ3) is 3.85. The molecule has 0 bridgehead atoms. The zero-order valence-electron chi connectivity index (χ0n) is 15.7. The van der Waals surface area contributed by atoms with Crippen molar-refractivity contribution < 1.29 is 14.5 Å². The van der Waals surface area contributed by atoms with E-state index in [2.05, 4.69) is 10.4 Å². The Morgan fingerprint density at radius 1 is 1.21 bits per heavy atom. The molecular weight excluding hydrogens is 360 g/mol. The number of nitrogens with zero attached hydrogens (tertiary/aromatic N) is 3. The summed E-state index contributed by atoms with van der Waals surface area (Å²) in [6.07, 6.45) is 1.28. The van der Waals surface area contributed by atoms with Gasteiger partial charge in [-0.2, -0.15) is 5.10 Å². The fourth-order valence-corrected chi connectivity index (χ4v) is 2.96. The molecule has 0 saturated carbocycles. The molecule has 1 heterocycles. The molecule has 1 atom stereocenters. The van der Waals surface area contributed by atoms with Crippen LogP contribution in [0.5, 0.6) is 5.75 Å². The van der Waals surface area contributed by atoms with E-state index in [4.69, 9.17) is 4.74 Å². The molecule has 0 aliphatic rings. The van der Waals surface area contributed by atoms with Gasteiger partial charge in [-0.05, 0) is 37.1 Å². The van der Waals surface area contributed by atoms with Crippen LogP contribution >= 0.6 is 0 Å². The summed E-state index contributed by atoms with van der Waals surface area (Å²) in [4.78, 5) is 23.9. The first-order valence-electron chi connectivity index (χ1n) is 8.61. The predicted octanol–water partition coefficient (Wildman–Crippen LogP) is 3.64. The Morgan fingerprint density at radius 3 is 2.54 bits per heavy atom. The Morgan fingerprint density at radius 2 is 1.93 bits per heavy atom. The highest BCUT2D eigenvalue weighted by atomic mass is 16.6. The first-order valence-corrected chi connectivity index (χ1v) is 8.61. The van der Waals surface area contributed by atoms with Crippen LogP contribution in [0.25, 0.3) is 0 Å². The maximum atomic E-state index is 13.2. The minimum Gasteiger partial charge on any atom is -0.495 e. The average molecular weight is 380 g/mol. The lowest BCUT2D eigenvalue weighted by atomic mass is 10.1. The Kier molecular flexibility index (Phi) is 5.39. The van der Waals surface area contributed by atoms with Gasteiger partial charge in [-0.1, -0.05) is 36.4 Å². The van der Waals surface area contributed by atoms with Gasteiger partial charge in [0.05, 0.1) is 17.7 Å². The molecule has 0 unspecified atom stereocenters. The standard InChI is InChI=1S/C20H20N4O4/c1-13-9-10-18(28-3)16(11-13)21-20(25)19(15-7-5-4-6-8-15)23-12-17(24(26)27)14(2)22-23/h4-12,19H,1-3H3,(H,21,25)/t19-/m1/s1. The fraction of sp³-hybridized carbons (Fsp3) is 0.200. The number of aromatic nitrogens is 2. The maximum Gasteiger partial charge on any atom is 0.309 e. The van der Waals surface area contributed by atoms with Crippen LogP contribution in [-0.4, -0.2) is 27.7 Å². The van der Waals surface area contributed by atoms with Crippen LogP contribution in [-0.2, 0) is 4.79 Å².